The molecule has 6 nitrogen and oxygen atoms in total. The minimum absolute atomic E-state index is 0.0290. The Kier molecular flexibility index (Phi) is 5.60. The number of rotatable bonds is 2. The molecule has 1 unspecified atom stereocenters. The normalized spacial score (nSPS) is 25.7. The average Bonchev–Trinajstić information content (AvgIpc) is 2.77. The lowest BCUT2D eigenvalue weighted by atomic mass is 10.0. The monoisotopic (exact) mass is 342 g/mol. The molecule has 0 aromatic rings. The van der Waals surface area contributed by atoms with E-state index in [9.17, 15) is 14.4 Å². The highest BCUT2D eigenvalue weighted by molar-refractivity contribution is 8.14. The maximum atomic E-state index is 12.2. The third-order valence-corrected chi connectivity index (χ3v) is 4.93. The summed E-state index contributed by atoms with van der Waals surface area (Å²) in [7, 11) is 0. The lowest BCUT2D eigenvalue weighted by Crippen LogP contribution is -2.51. The van der Waals surface area contributed by atoms with Crippen molar-refractivity contribution in [2.45, 2.75) is 63.9 Å². The summed E-state index contributed by atoms with van der Waals surface area (Å²) in [5.41, 5.74) is -0.517. The summed E-state index contributed by atoms with van der Waals surface area (Å²) in [5, 5.41) is 0.0839. The van der Waals surface area contributed by atoms with Crippen molar-refractivity contribution in [1.82, 2.24) is 9.80 Å². The van der Waals surface area contributed by atoms with Crippen molar-refractivity contribution in [2.24, 2.45) is 0 Å². The smallest absolute Gasteiger partial charge is 0.410 e. The third-order valence-electron chi connectivity index (χ3n) is 3.94. The van der Waals surface area contributed by atoms with Crippen LogP contribution in [-0.4, -0.2) is 63.4 Å². The van der Waals surface area contributed by atoms with Gasteiger partial charge in [0.1, 0.15) is 5.60 Å². The van der Waals surface area contributed by atoms with Crippen LogP contribution in [-0.2, 0) is 14.3 Å². The molecule has 0 aromatic carbocycles. The van der Waals surface area contributed by atoms with Crippen LogP contribution in [0.25, 0.3) is 0 Å². The molecular formula is C16H26N2O4S. The molecule has 0 N–H and O–H groups in total. The van der Waals surface area contributed by atoms with E-state index in [1.54, 1.807) is 4.90 Å². The molecule has 23 heavy (non-hydrogen) atoms. The van der Waals surface area contributed by atoms with Gasteiger partial charge in [-0.25, -0.2) is 4.79 Å². The van der Waals surface area contributed by atoms with Gasteiger partial charge in [-0.1, -0.05) is 11.8 Å². The van der Waals surface area contributed by atoms with Crippen LogP contribution in [0.15, 0.2) is 0 Å². The molecule has 0 spiro atoms. The quantitative estimate of drug-likeness (QED) is 0.770. The summed E-state index contributed by atoms with van der Waals surface area (Å²) in [6.07, 6.45) is 1.84. The second-order valence-corrected chi connectivity index (χ2v) is 8.68. The predicted molar refractivity (Wildman–Crippen MR) is 89.2 cm³/mol. The minimum atomic E-state index is -0.517. The summed E-state index contributed by atoms with van der Waals surface area (Å²) in [4.78, 5) is 39.2. The van der Waals surface area contributed by atoms with Gasteiger partial charge >= 0.3 is 6.09 Å². The average molecular weight is 342 g/mol. The van der Waals surface area contributed by atoms with Gasteiger partial charge in [0.05, 0.1) is 0 Å². The number of likely N-dealkylation sites (tertiary alicyclic amines) is 2. The van der Waals surface area contributed by atoms with Gasteiger partial charge in [0.15, 0.2) is 5.12 Å². The number of nitrogens with zero attached hydrogens (tertiary/aromatic N) is 2. The van der Waals surface area contributed by atoms with Gasteiger partial charge in [0.25, 0.3) is 0 Å². The molecule has 2 aliphatic heterocycles. The summed E-state index contributed by atoms with van der Waals surface area (Å²) in [6, 6.07) is 0.0290. The van der Waals surface area contributed by atoms with E-state index >= 15 is 0 Å². The lowest BCUT2D eigenvalue weighted by Gasteiger charge is -2.38. The summed E-state index contributed by atoms with van der Waals surface area (Å²) < 4.78 is 5.42. The van der Waals surface area contributed by atoms with Crippen molar-refractivity contribution in [3.05, 3.63) is 0 Å². The zero-order chi connectivity index (χ0) is 17.2. The zero-order valence-corrected chi connectivity index (χ0v) is 15.1. The molecule has 2 atom stereocenters. The van der Waals surface area contributed by atoms with E-state index in [1.165, 1.54) is 18.7 Å². The maximum absolute atomic E-state index is 12.2. The first kappa shape index (κ1) is 18.1. The van der Waals surface area contributed by atoms with Crippen LogP contribution in [0.3, 0.4) is 0 Å². The fraction of sp³-hybridized carbons (Fsp3) is 0.812. The van der Waals surface area contributed by atoms with Crippen LogP contribution in [0.1, 0.15) is 47.0 Å². The number of hydrogen-bond acceptors (Lipinski definition) is 5. The highest BCUT2D eigenvalue weighted by Gasteiger charge is 2.38. The summed E-state index contributed by atoms with van der Waals surface area (Å²) >= 11 is 1.24. The first-order chi connectivity index (χ1) is 10.7. The van der Waals surface area contributed by atoms with Crippen molar-refractivity contribution in [3.8, 4) is 0 Å². The van der Waals surface area contributed by atoms with E-state index in [0.717, 1.165) is 12.8 Å². The molecule has 2 aliphatic rings. The van der Waals surface area contributed by atoms with E-state index in [1.807, 2.05) is 25.7 Å². The van der Waals surface area contributed by atoms with Crippen LogP contribution in [0.5, 0.6) is 0 Å². The standard InChI is InChI=1S/C16H26N2O4S/c1-11(19)23-13-8-14(20)18(10-13)12-6-5-7-17(9-12)15(21)22-16(2,3)4/h12-13H,5-10H2,1-4H3/t12-,13?/m1/s1. The van der Waals surface area contributed by atoms with E-state index in [-0.39, 0.29) is 28.4 Å². The van der Waals surface area contributed by atoms with Gasteiger partial charge < -0.3 is 14.5 Å². The van der Waals surface area contributed by atoms with Crippen molar-refractivity contribution in [3.63, 3.8) is 0 Å². The molecule has 2 saturated heterocycles. The highest BCUT2D eigenvalue weighted by atomic mass is 32.2. The molecule has 0 aromatic heterocycles. The van der Waals surface area contributed by atoms with Crippen molar-refractivity contribution < 1.29 is 19.1 Å². The van der Waals surface area contributed by atoms with Gasteiger partial charge in [0.2, 0.25) is 5.91 Å². The fourth-order valence-corrected chi connectivity index (χ4v) is 4.00. The molecule has 0 saturated carbocycles. The Morgan fingerprint density at radius 1 is 1.26 bits per heavy atom. The topological polar surface area (TPSA) is 66.9 Å². The number of carbonyl (C=O) groups excluding carboxylic acids is 3. The van der Waals surface area contributed by atoms with Crippen molar-refractivity contribution in [1.29, 1.82) is 0 Å². The van der Waals surface area contributed by atoms with Crippen LogP contribution in [0.2, 0.25) is 0 Å². The van der Waals surface area contributed by atoms with Crippen molar-refractivity contribution in [2.75, 3.05) is 19.6 Å². The van der Waals surface area contributed by atoms with Crippen LogP contribution in [0, 0.1) is 0 Å². The predicted octanol–water partition coefficient (Wildman–Crippen LogP) is 2.27. The van der Waals surface area contributed by atoms with E-state index in [2.05, 4.69) is 0 Å². The third kappa shape index (κ3) is 5.12. The second kappa shape index (κ2) is 7.11. The van der Waals surface area contributed by atoms with Crippen LogP contribution < -0.4 is 0 Å². The molecule has 2 rings (SSSR count). The molecule has 0 aliphatic carbocycles. The Bertz CT molecular complexity index is 489. The molecule has 0 bridgehead atoms. The van der Waals surface area contributed by atoms with Crippen LogP contribution >= 0.6 is 11.8 Å². The first-order valence-electron chi connectivity index (χ1n) is 8.10. The summed E-state index contributed by atoms with van der Waals surface area (Å²) in [6.45, 7) is 8.84. The maximum Gasteiger partial charge on any atom is 0.410 e. The number of ether oxygens (including phenoxy) is 1. The van der Waals surface area contributed by atoms with E-state index in [4.69, 9.17) is 4.74 Å². The van der Waals surface area contributed by atoms with Gasteiger partial charge in [-0.15, -0.1) is 0 Å². The Balaban J connectivity index is 1.94. The van der Waals surface area contributed by atoms with Gasteiger partial charge in [-0.3, -0.25) is 9.59 Å². The van der Waals surface area contributed by atoms with Gasteiger partial charge in [-0.05, 0) is 33.6 Å². The van der Waals surface area contributed by atoms with Gasteiger partial charge in [0, 0.05) is 44.3 Å². The Labute approximate surface area is 141 Å². The molecule has 2 fully saturated rings. The number of piperidine rings is 1. The minimum Gasteiger partial charge on any atom is -0.444 e. The van der Waals surface area contributed by atoms with Crippen molar-refractivity contribution >= 4 is 28.9 Å². The van der Waals surface area contributed by atoms with Crippen LogP contribution in [0.4, 0.5) is 4.79 Å². The molecular weight excluding hydrogens is 316 g/mol. The van der Waals surface area contributed by atoms with E-state index in [0.29, 0.717) is 26.1 Å². The Hall–Kier alpha value is -1.24. The highest BCUT2D eigenvalue weighted by Crippen LogP contribution is 2.28. The molecule has 7 heteroatoms. The zero-order valence-electron chi connectivity index (χ0n) is 14.3. The Morgan fingerprint density at radius 3 is 2.57 bits per heavy atom. The molecule has 130 valence electrons. The number of thioether (sulfide) groups is 1. The fourth-order valence-electron chi connectivity index (χ4n) is 3.07. The van der Waals surface area contributed by atoms with E-state index < -0.39 is 5.60 Å². The lowest BCUT2D eigenvalue weighted by molar-refractivity contribution is -0.130. The molecule has 2 amide bonds. The SMILES string of the molecule is CC(=O)SC1CC(=O)N([C@@H]2CCCN(C(=O)OC(C)(C)C)C2)C1. The van der Waals surface area contributed by atoms with Gasteiger partial charge in [-0.2, -0.15) is 0 Å². The Morgan fingerprint density at radius 2 is 1.96 bits per heavy atom. The first-order valence-corrected chi connectivity index (χ1v) is 8.98. The molecule has 0 radical (unpaired) electrons. The number of carbonyl (C=O) groups is 3. The molecule has 2 heterocycles. The second-order valence-electron chi connectivity index (χ2n) is 7.20. The number of hydrogen-bond donors (Lipinski definition) is 0. The summed E-state index contributed by atoms with van der Waals surface area (Å²) in [5.74, 6) is 0.0831. The largest absolute Gasteiger partial charge is 0.444 e. The number of amides is 2.